The number of nitrogens with one attached hydrogen (secondary N) is 1. The van der Waals surface area contributed by atoms with Crippen LogP contribution in [0, 0.1) is 0 Å². The zero-order chi connectivity index (χ0) is 24.5. The monoisotopic (exact) mass is 464 g/mol. The molecule has 1 fully saturated rings. The minimum atomic E-state index is -0.484. The van der Waals surface area contributed by atoms with Crippen LogP contribution < -0.4 is 5.32 Å². The summed E-state index contributed by atoms with van der Waals surface area (Å²) in [5.41, 5.74) is 2.64. The summed E-state index contributed by atoms with van der Waals surface area (Å²) in [4.78, 5) is 12.5. The van der Waals surface area contributed by atoms with E-state index in [9.17, 15) is 4.79 Å². The van der Waals surface area contributed by atoms with Gasteiger partial charge in [0.2, 0.25) is 0 Å². The van der Waals surface area contributed by atoms with Crippen LogP contribution in [0.2, 0.25) is 0 Å². The molecular formula is C26H36N6O2. The van der Waals surface area contributed by atoms with E-state index in [1.165, 1.54) is 0 Å². The van der Waals surface area contributed by atoms with E-state index in [2.05, 4.69) is 63.4 Å². The van der Waals surface area contributed by atoms with Crippen LogP contribution in [0.4, 0.5) is 10.6 Å². The fraction of sp³-hybridized carbons (Fsp3) is 0.538. The van der Waals surface area contributed by atoms with Crippen molar-refractivity contribution < 1.29 is 9.53 Å². The summed E-state index contributed by atoms with van der Waals surface area (Å²) >= 11 is 0. The average Bonchev–Trinajstić information content (AvgIpc) is 3.50. The maximum Gasteiger partial charge on any atom is 0.413 e. The lowest BCUT2D eigenvalue weighted by atomic mass is 9.93. The smallest absolute Gasteiger partial charge is 0.413 e. The molecule has 8 nitrogen and oxygen atoms in total. The minimum absolute atomic E-state index is 0.0164. The molecule has 0 spiro atoms. The molecule has 1 aliphatic rings. The fourth-order valence-corrected chi connectivity index (χ4v) is 4.33. The number of ether oxygens (including phenoxy) is 1. The van der Waals surface area contributed by atoms with E-state index in [0.29, 0.717) is 17.8 Å². The Morgan fingerprint density at radius 3 is 2.50 bits per heavy atom. The second-order valence-electron chi connectivity index (χ2n) is 11.2. The van der Waals surface area contributed by atoms with Crippen LogP contribution in [0.15, 0.2) is 42.6 Å². The largest absolute Gasteiger partial charge is 0.444 e. The number of aromatic nitrogens is 5. The van der Waals surface area contributed by atoms with E-state index >= 15 is 0 Å². The molecule has 1 saturated carbocycles. The predicted octanol–water partition coefficient (Wildman–Crippen LogP) is 5.78. The molecule has 0 unspecified atom stereocenters. The van der Waals surface area contributed by atoms with Crippen molar-refractivity contribution in [2.24, 2.45) is 0 Å². The molecule has 2 atom stereocenters. The van der Waals surface area contributed by atoms with E-state index in [4.69, 9.17) is 9.84 Å². The molecule has 0 radical (unpaired) electrons. The van der Waals surface area contributed by atoms with Gasteiger partial charge in [0.25, 0.3) is 0 Å². The number of carbonyl (C=O) groups excluding carboxylic acids is 1. The van der Waals surface area contributed by atoms with Gasteiger partial charge in [0.15, 0.2) is 0 Å². The average molecular weight is 465 g/mol. The molecule has 8 heteroatoms. The summed E-state index contributed by atoms with van der Waals surface area (Å²) in [5.74, 6) is 0.955. The molecule has 1 N–H and O–H groups in total. The van der Waals surface area contributed by atoms with Crippen molar-refractivity contribution in [3.8, 4) is 0 Å². The molecule has 1 amide bonds. The Labute approximate surface area is 201 Å². The molecule has 34 heavy (non-hydrogen) atoms. The lowest BCUT2D eigenvalue weighted by molar-refractivity contribution is 0.154. The third kappa shape index (κ3) is 5.48. The van der Waals surface area contributed by atoms with Crippen molar-refractivity contribution in [1.82, 2.24) is 24.8 Å². The molecule has 182 valence electrons. The molecule has 1 aliphatic carbocycles. The van der Waals surface area contributed by atoms with E-state index in [-0.39, 0.29) is 17.6 Å². The van der Waals surface area contributed by atoms with Crippen molar-refractivity contribution in [1.29, 1.82) is 0 Å². The summed E-state index contributed by atoms with van der Waals surface area (Å²) in [7, 11) is 0. The molecule has 1 aromatic carbocycles. The molecule has 0 aliphatic heterocycles. The predicted molar refractivity (Wildman–Crippen MR) is 132 cm³/mol. The van der Waals surface area contributed by atoms with Gasteiger partial charge in [-0.1, -0.05) is 56.3 Å². The number of hydrogen-bond acceptors (Lipinski definition) is 5. The van der Waals surface area contributed by atoms with Gasteiger partial charge in [-0.05, 0) is 45.6 Å². The second-order valence-corrected chi connectivity index (χ2v) is 11.2. The molecule has 0 saturated heterocycles. The molecular weight excluding hydrogens is 428 g/mol. The van der Waals surface area contributed by atoms with Crippen LogP contribution in [0.25, 0.3) is 0 Å². The van der Waals surface area contributed by atoms with Gasteiger partial charge in [-0.25, -0.2) is 14.2 Å². The Balaban J connectivity index is 1.45. The summed E-state index contributed by atoms with van der Waals surface area (Å²) in [5, 5.41) is 16.6. The summed E-state index contributed by atoms with van der Waals surface area (Å²) in [6.45, 7) is 12.9. The van der Waals surface area contributed by atoms with Crippen LogP contribution in [-0.4, -0.2) is 30.9 Å². The number of carbonyl (C=O) groups is 1. The number of rotatable bonds is 5. The zero-order valence-corrected chi connectivity index (χ0v) is 21.1. The van der Waals surface area contributed by atoms with Crippen LogP contribution in [0.5, 0.6) is 0 Å². The SMILES string of the molecule is CC(C)(C)c1cn([C@@H]2CC[C@H](c3cc(NC(=O)OCc4ccccc4)n(C(C)(C)C)n3)C2)nn1. The topological polar surface area (TPSA) is 86.9 Å². The molecule has 0 bridgehead atoms. The van der Waals surface area contributed by atoms with E-state index < -0.39 is 6.09 Å². The Morgan fingerprint density at radius 1 is 1.12 bits per heavy atom. The number of hydrogen-bond donors (Lipinski definition) is 1. The van der Waals surface area contributed by atoms with Crippen molar-refractivity contribution in [3.63, 3.8) is 0 Å². The first-order valence-electron chi connectivity index (χ1n) is 12.0. The first-order chi connectivity index (χ1) is 16.0. The Kier molecular flexibility index (Phi) is 6.51. The molecule has 2 aromatic heterocycles. The third-order valence-electron chi connectivity index (χ3n) is 6.28. The number of anilines is 1. The highest BCUT2D eigenvalue weighted by Crippen LogP contribution is 2.41. The third-order valence-corrected chi connectivity index (χ3v) is 6.28. The van der Waals surface area contributed by atoms with Gasteiger partial charge in [0.05, 0.1) is 23.0 Å². The Morgan fingerprint density at radius 2 is 1.85 bits per heavy atom. The van der Waals surface area contributed by atoms with Gasteiger partial charge < -0.3 is 4.74 Å². The number of nitrogens with zero attached hydrogens (tertiary/aromatic N) is 5. The van der Waals surface area contributed by atoms with Gasteiger partial charge in [0.1, 0.15) is 12.4 Å². The van der Waals surface area contributed by atoms with Crippen LogP contribution in [0.1, 0.15) is 89.7 Å². The second kappa shape index (κ2) is 9.24. The van der Waals surface area contributed by atoms with Gasteiger partial charge in [-0.2, -0.15) is 5.10 Å². The highest BCUT2D eigenvalue weighted by Gasteiger charge is 2.32. The summed E-state index contributed by atoms with van der Waals surface area (Å²) < 4.78 is 9.33. The zero-order valence-electron chi connectivity index (χ0n) is 21.1. The highest BCUT2D eigenvalue weighted by molar-refractivity contribution is 5.83. The van der Waals surface area contributed by atoms with Crippen molar-refractivity contribution in [3.05, 3.63) is 59.5 Å². The quantitative estimate of drug-likeness (QED) is 0.517. The maximum atomic E-state index is 12.5. The van der Waals surface area contributed by atoms with E-state index in [0.717, 1.165) is 36.2 Å². The van der Waals surface area contributed by atoms with Crippen LogP contribution >= 0.6 is 0 Å². The van der Waals surface area contributed by atoms with Crippen LogP contribution in [-0.2, 0) is 22.3 Å². The lowest BCUT2D eigenvalue weighted by Crippen LogP contribution is -2.27. The van der Waals surface area contributed by atoms with E-state index in [1.54, 1.807) is 0 Å². The minimum Gasteiger partial charge on any atom is -0.444 e. The summed E-state index contributed by atoms with van der Waals surface area (Å²) in [6.07, 6.45) is 4.60. The highest BCUT2D eigenvalue weighted by atomic mass is 16.5. The molecule has 2 heterocycles. The van der Waals surface area contributed by atoms with E-state index in [1.807, 2.05) is 45.8 Å². The first-order valence-corrected chi connectivity index (χ1v) is 12.0. The van der Waals surface area contributed by atoms with Crippen molar-refractivity contribution in [2.45, 2.75) is 90.3 Å². The van der Waals surface area contributed by atoms with Gasteiger partial charge in [-0.3, -0.25) is 5.32 Å². The van der Waals surface area contributed by atoms with Crippen molar-refractivity contribution in [2.75, 3.05) is 5.32 Å². The number of benzene rings is 1. The van der Waals surface area contributed by atoms with Crippen molar-refractivity contribution >= 4 is 11.9 Å². The molecule has 4 rings (SSSR count). The Bertz CT molecular complexity index is 1120. The van der Waals surface area contributed by atoms with Gasteiger partial charge in [0, 0.05) is 23.6 Å². The lowest BCUT2D eigenvalue weighted by Gasteiger charge is -2.22. The standard InChI is InChI=1S/C26H36N6O2/c1-25(2,3)22-16-31(30-28-22)20-13-12-19(14-20)21-15-23(32(29-21)26(4,5)6)27-24(33)34-17-18-10-8-7-9-11-18/h7-11,15-16,19-20H,12-14,17H2,1-6H3,(H,27,33)/t19-,20+/m0/s1. The van der Waals surface area contributed by atoms with Crippen LogP contribution in [0.3, 0.4) is 0 Å². The normalized spacial score (nSPS) is 18.8. The fourth-order valence-electron chi connectivity index (χ4n) is 4.33. The van der Waals surface area contributed by atoms with Gasteiger partial charge in [-0.15, -0.1) is 5.10 Å². The summed E-state index contributed by atoms with van der Waals surface area (Å²) in [6, 6.07) is 11.9. The first kappa shape index (κ1) is 24.0. The molecule has 3 aromatic rings. The van der Waals surface area contributed by atoms with Gasteiger partial charge >= 0.3 is 6.09 Å². The Hall–Kier alpha value is -3.16. The maximum absolute atomic E-state index is 12.5. The number of amides is 1.